The summed E-state index contributed by atoms with van der Waals surface area (Å²) < 4.78 is 6.53. The second kappa shape index (κ2) is 10.4. The van der Waals surface area contributed by atoms with Gasteiger partial charge in [0.1, 0.15) is 11.6 Å². The summed E-state index contributed by atoms with van der Waals surface area (Å²) in [6, 6.07) is 4.14. The highest BCUT2D eigenvalue weighted by Crippen LogP contribution is 2.57. The number of amides is 3. The van der Waals surface area contributed by atoms with E-state index in [2.05, 4.69) is 24.5 Å². The van der Waals surface area contributed by atoms with E-state index in [9.17, 15) is 14.4 Å². The minimum atomic E-state index is -1.15. The van der Waals surface area contributed by atoms with Crippen molar-refractivity contribution in [2.24, 2.45) is 23.7 Å². The van der Waals surface area contributed by atoms with Gasteiger partial charge < -0.3 is 20.3 Å². The Labute approximate surface area is 240 Å². The molecule has 2 N–H and O–H groups in total. The summed E-state index contributed by atoms with van der Waals surface area (Å²) in [6.07, 6.45) is 11.4. The number of likely N-dealkylation sites (tertiary alicyclic amines) is 1. The molecule has 210 valence electrons. The topological polar surface area (TPSA) is 87.7 Å². The van der Waals surface area contributed by atoms with Crippen LogP contribution in [0.15, 0.2) is 30.4 Å². The lowest BCUT2D eigenvalue weighted by atomic mass is 9.74. The number of hydrogen-bond donors (Lipinski definition) is 2. The van der Waals surface area contributed by atoms with Crippen molar-refractivity contribution in [1.29, 1.82) is 0 Å². The Morgan fingerprint density at radius 2 is 1.77 bits per heavy atom. The number of benzene rings is 1. The van der Waals surface area contributed by atoms with E-state index in [1.54, 1.807) is 18.2 Å². The van der Waals surface area contributed by atoms with Crippen LogP contribution in [0.3, 0.4) is 0 Å². The van der Waals surface area contributed by atoms with E-state index < -0.39 is 29.6 Å². The zero-order valence-corrected chi connectivity index (χ0v) is 24.0. The standard InChI is InChI=1S/C30H37Cl2N3O4/c1-16-7-6-10-22(17(16)2)35-26(28(37)33-18-8-4-3-5-9-18)30-14-13-23(39-30)24(25(30)29(35)38)27(36)34-19-11-12-20(31)21(32)15-19/h11-18,22-26H,3-10H2,1-2H3,(H,33,37)(H,34,36)/t16-,17-,22+,23+,24-,25+,26-,30+/m1/s1. The van der Waals surface area contributed by atoms with Gasteiger partial charge in [-0.05, 0) is 49.3 Å². The Hall–Kier alpha value is -2.09. The number of fused-ring (bicyclic) bond motifs is 1. The first-order chi connectivity index (χ1) is 18.7. The normalized spacial score (nSPS) is 37.7. The second-order valence-corrected chi connectivity index (χ2v) is 13.1. The van der Waals surface area contributed by atoms with E-state index >= 15 is 0 Å². The van der Waals surface area contributed by atoms with Gasteiger partial charge in [-0.3, -0.25) is 14.4 Å². The third kappa shape index (κ3) is 4.49. The van der Waals surface area contributed by atoms with E-state index in [1.807, 2.05) is 17.1 Å². The molecule has 3 amide bonds. The zero-order chi connectivity index (χ0) is 27.5. The van der Waals surface area contributed by atoms with Gasteiger partial charge in [-0.1, -0.05) is 81.3 Å². The number of nitrogens with zero attached hydrogens (tertiary/aromatic N) is 1. The van der Waals surface area contributed by atoms with E-state index in [4.69, 9.17) is 27.9 Å². The number of carbonyl (C=O) groups is 3. The Kier molecular flexibility index (Phi) is 7.22. The fourth-order valence-corrected chi connectivity index (χ4v) is 8.13. The van der Waals surface area contributed by atoms with Crippen LogP contribution in [0.1, 0.15) is 65.2 Å². The maximum absolute atomic E-state index is 14.4. The molecule has 9 heteroatoms. The van der Waals surface area contributed by atoms with Crippen molar-refractivity contribution in [2.75, 3.05) is 5.32 Å². The Morgan fingerprint density at radius 1 is 1.00 bits per heavy atom. The molecular weight excluding hydrogens is 537 g/mol. The minimum Gasteiger partial charge on any atom is -0.359 e. The average Bonchev–Trinajstić information content (AvgIpc) is 3.56. The van der Waals surface area contributed by atoms with Crippen LogP contribution in [0.5, 0.6) is 0 Å². The summed E-state index contributed by atoms with van der Waals surface area (Å²) in [5, 5.41) is 6.93. The SMILES string of the molecule is C[C@@H]1[C@H](C)CCC[C@@H]1N1C(=O)[C@@H]2[C@H](C(=O)Nc3ccc(Cl)c(Cl)c3)[C@@H]3C=C[C@@]2(O3)[C@H]1C(=O)NC1CCCCC1. The molecular formula is C30H37Cl2N3O4. The summed E-state index contributed by atoms with van der Waals surface area (Å²) in [5.41, 5.74) is -0.653. The summed E-state index contributed by atoms with van der Waals surface area (Å²) in [5.74, 6) is -1.44. The van der Waals surface area contributed by atoms with Crippen molar-refractivity contribution in [3.8, 4) is 0 Å². The first-order valence-corrected chi connectivity index (χ1v) is 15.2. The molecule has 3 heterocycles. The third-order valence-corrected chi connectivity index (χ3v) is 10.8. The van der Waals surface area contributed by atoms with Crippen LogP contribution in [0.2, 0.25) is 10.0 Å². The molecule has 1 aromatic rings. The molecule has 2 saturated heterocycles. The molecule has 5 aliphatic rings. The summed E-state index contributed by atoms with van der Waals surface area (Å²) >= 11 is 12.2. The molecule has 1 aromatic carbocycles. The van der Waals surface area contributed by atoms with Gasteiger partial charge in [0.25, 0.3) is 0 Å². The maximum Gasteiger partial charge on any atom is 0.246 e. The molecule has 0 radical (unpaired) electrons. The molecule has 3 aliphatic heterocycles. The van der Waals surface area contributed by atoms with Crippen LogP contribution in [0.4, 0.5) is 5.69 Å². The lowest BCUT2D eigenvalue weighted by Crippen LogP contribution is -2.60. The molecule has 1 spiro atoms. The predicted molar refractivity (Wildman–Crippen MR) is 150 cm³/mol. The number of anilines is 1. The molecule has 4 fully saturated rings. The van der Waals surface area contributed by atoms with Gasteiger partial charge >= 0.3 is 0 Å². The highest BCUT2D eigenvalue weighted by Gasteiger charge is 2.73. The van der Waals surface area contributed by atoms with Crippen molar-refractivity contribution >= 4 is 46.6 Å². The van der Waals surface area contributed by atoms with E-state index in [-0.39, 0.29) is 35.7 Å². The van der Waals surface area contributed by atoms with Gasteiger partial charge in [0.15, 0.2) is 0 Å². The Morgan fingerprint density at radius 3 is 2.51 bits per heavy atom. The van der Waals surface area contributed by atoms with Gasteiger partial charge in [-0.15, -0.1) is 0 Å². The quantitative estimate of drug-likeness (QED) is 0.464. The molecule has 2 aliphatic carbocycles. The number of nitrogens with one attached hydrogen (secondary N) is 2. The minimum absolute atomic E-state index is 0.0711. The van der Waals surface area contributed by atoms with Crippen LogP contribution in [0, 0.1) is 23.7 Å². The fraction of sp³-hybridized carbons (Fsp3) is 0.633. The number of ether oxygens (including phenoxy) is 1. The van der Waals surface area contributed by atoms with Crippen molar-refractivity contribution in [1.82, 2.24) is 10.2 Å². The van der Waals surface area contributed by atoms with Gasteiger partial charge in [0, 0.05) is 17.8 Å². The first kappa shape index (κ1) is 27.1. The molecule has 8 atom stereocenters. The molecule has 6 rings (SSSR count). The van der Waals surface area contributed by atoms with Crippen molar-refractivity contribution in [2.45, 2.75) is 95.0 Å². The second-order valence-electron chi connectivity index (χ2n) is 12.2. The lowest BCUT2D eigenvalue weighted by Gasteiger charge is -2.44. The van der Waals surface area contributed by atoms with Crippen LogP contribution in [-0.4, -0.2) is 52.5 Å². The van der Waals surface area contributed by atoms with Gasteiger partial charge in [-0.25, -0.2) is 0 Å². The predicted octanol–water partition coefficient (Wildman–Crippen LogP) is 5.36. The highest BCUT2D eigenvalue weighted by atomic mass is 35.5. The molecule has 7 nitrogen and oxygen atoms in total. The van der Waals surface area contributed by atoms with Crippen LogP contribution >= 0.6 is 23.2 Å². The lowest BCUT2D eigenvalue weighted by molar-refractivity contribution is -0.146. The molecule has 0 aromatic heterocycles. The molecule has 39 heavy (non-hydrogen) atoms. The Balaban J connectivity index is 1.34. The van der Waals surface area contributed by atoms with E-state index in [1.165, 1.54) is 6.42 Å². The number of halogens is 2. The van der Waals surface area contributed by atoms with Crippen LogP contribution in [0.25, 0.3) is 0 Å². The number of hydrogen-bond acceptors (Lipinski definition) is 4. The van der Waals surface area contributed by atoms with Crippen LogP contribution < -0.4 is 10.6 Å². The third-order valence-electron chi connectivity index (χ3n) is 10.0. The molecule has 0 unspecified atom stereocenters. The molecule has 2 bridgehead atoms. The smallest absolute Gasteiger partial charge is 0.246 e. The van der Waals surface area contributed by atoms with Crippen molar-refractivity contribution in [3.05, 3.63) is 40.4 Å². The molecule has 2 saturated carbocycles. The van der Waals surface area contributed by atoms with Gasteiger partial charge in [0.2, 0.25) is 17.7 Å². The van der Waals surface area contributed by atoms with Crippen LogP contribution in [-0.2, 0) is 19.1 Å². The Bertz CT molecular complexity index is 1200. The monoisotopic (exact) mass is 573 g/mol. The average molecular weight is 575 g/mol. The van der Waals surface area contributed by atoms with Crippen molar-refractivity contribution in [3.63, 3.8) is 0 Å². The van der Waals surface area contributed by atoms with Gasteiger partial charge in [-0.2, -0.15) is 0 Å². The highest BCUT2D eigenvalue weighted by molar-refractivity contribution is 6.42. The fourth-order valence-electron chi connectivity index (χ4n) is 7.84. The summed E-state index contributed by atoms with van der Waals surface area (Å²) in [7, 11) is 0. The maximum atomic E-state index is 14.4. The first-order valence-electron chi connectivity index (χ1n) is 14.5. The summed E-state index contributed by atoms with van der Waals surface area (Å²) in [6.45, 7) is 4.41. The number of carbonyl (C=O) groups excluding carboxylic acids is 3. The number of rotatable bonds is 5. The largest absolute Gasteiger partial charge is 0.359 e. The van der Waals surface area contributed by atoms with E-state index in [0.29, 0.717) is 21.7 Å². The van der Waals surface area contributed by atoms with Gasteiger partial charge in [0.05, 0.1) is 28.0 Å². The summed E-state index contributed by atoms with van der Waals surface area (Å²) in [4.78, 5) is 44.1. The van der Waals surface area contributed by atoms with E-state index in [0.717, 1.165) is 44.9 Å². The zero-order valence-electron chi connectivity index (χ0n) is 22.5. The van der Waals surface area contributed by atoms with Crippen molar-refractivity contribution < 1.29 is 19.1 Å².